The molecule has 5 nitrogen and oxygen atoms in total. The number of benzene rings is 1. The number of unbranched alkanes of at least 4 members (excludes halogenated alkanes) is 1. The highest BCUT2D eigenvalue weighted by Gasteiger charge is 2.08. The second kappa shape index (κ2) is 5.36. The van der Waals surface area contributed by atoms with Crippen LogP contribution in [0.2, 0.25) is 0 Å². The maximum Gasteiger partial charge on any atom is 0.201 e. The summed E-state index contributed by atoms with van der Waals surface area (Å²) in [6, 6.07) is 6.21. The van der Waals surface area contributed by atoms with Gasteiger partial charge >= 0.3 is 0 Å². The maximum atomic E-state index is 6.04. The molecular weight excluding hydrogens is 250 g/mol. The predicted molar refractivity (Wildman–Crippen MR) is 80.3 cm³/mol. The zero-order valence-corrected chi connectivity index (χ0v) is 11.7. The van der Waals surface area contributed by atoms with E-state index in [4.69, 9.17) is 5.73 Å². The second-order valence-electron chi connectivity index (χ2n) is 5.07. The Morgan fingerprint density at radius 3 is 2.85 bits per heavy atom. The van der Waals surface area contributed by atoms with E-state index in [0.29, 0.717) is 5.95 Å². The van der Waals surface area contributed by atoms with Gasteiger partial charge in [0.15, 0.2) is 0 Å². The molecule has 0 saturated heterocycles. The third kappa shape index (κ3) is 2.39. The molecule has 0 aliphatic rings. The fourth-order valence-electron chi connectivity index (χ4n) is 2.52. The Bertz CT molecular complexity index is 696. The van der Waals surface area contributed by atoms with Crippen LogP contribution in [-0.4, -0.2) is 19.1 Å². The van der Waals surface area contributed by atoms with E-state index in [1.165, 1.54) is 5.56 Å². The average Bonchev–Trinajstić information content (AvgIpc) is 3.04. The van der Waals surface area contributed by atoms with Crippen LogP contribution in [0.4, 0.5) is 5.95 Å². The first-order valence-corrected chi connectivity index (χ1v) is 6.93. The molecule has 5 heteroatoms. The van der Waals surface area contributed by atoms with Crippen molar-refractivity contribution in [1.29, 1.82) is 0 Å². The van der Waals surface area contributed by atoms with Crippen LogP contribution in [-0.2, 0) is 13.1 Å². The number of aromatic nitrogens is 4. The lowest BCUT2D eigenvalue weighted by molar-refractivity contribution is 0.562. The van der Waals surface area contributed by atoms with Gasteiger partial charge in [-0.3, -0.25) is 0 Å². The summed E-state index contributed by atoms with van der Waals surface area (Å²) in [7, 11) is 0. The quantitative estimate of drug-likeness (QED) is 0.724. The highest BCUT2D eigenvalue weighted by molar-refractivity contribution is 5.81. The van der Waals surface area contributed by atoms with E-state index in [1.54, 1.807) is 0 Å². The van der Waals surface area contributed by atoms with E-state index in [1.807, 2.05) is 18.7 Å². The molecule has 3 aromatic rings. The van der Waals surface area contributed by atoms with Gasteiger partial charge in [-0.25, -0.2) is 9.97 Å². The summed E-state index contributed by atoms with van der Waals surface area (Å²) < 4.78 is 4.20. The van der Waals surface area contributed by atoms with Gasteiger partial charge < -0.3 is 14.9 Å². The molecule has 0 unspecified atom stereocenters. The van der Waals surface area contributed by atoms with Crippen molar-refractivity contribution < 1.29 is 0 Å². The predicted octanol–water partition coefficient (Wildman–Crippen LogP) is 2.60. The van der Waals surface area contributed by atoms with E-state index in [-0.39, 0.29) is 0 Å². The summed E-state index contributed by atoms with van der Waals surface area (Å²) >= 11 is 0. The molecular formula is C15H19N5. The van der Waals surface area contributed by atoms with Gasteiger partial charge in [0.05, 0.1) is 17.4 Å². The lowest BCUT2D eigenvalue weighted by atomic mass is 10.2. The van der Waals surface area contributed by atoms with Gasteiger partial charge in [-0.1, -0.05) is 12.1 Å². The third-order valence-electron chi connectivity index (χ3n) is 3.62. The van der Waals surface area contributed by atoms with Crippen molar-refractivity contribution in [3.8, 4) is 0 Å². The largest absolute Gasteiger partial charge is 0.369 e. The van der Waals surface area contributed by atoms with Gasteiger partial charge in [-0.2, -0.15) is 0 Å². The molecule has 0 radical (unpaired) electrons. The fraction of sp³-hybridized carbons (Fsp3) is 0.333. The Kier molecular flexibility index (Phi) is 3.41. The topological polar surface area (TPSA) is 61.7 Å². The molecule has 3 rings (SSSR count). The van der Waals surface area contributed by atoms with Crippen molar-refractivity contribution in [1.82, 2.24) is 19.1 Å². The fourth-order valence-corrected chi connectivity index (χ4v) is 2.52. The SMILES string of the molecule is Cc1cccc2c1nc(N)n2CCCCn1ccnc1. The Morgan fingerprint density at radius 2 is 2.05 bits per heavy atom. The molecule has 1 aromatic carbocycles. The van der Waals surface area contributed by atoms with Crippen LogP contribution < -0.4 is 5.73 Å². The number of anilines is 1. The number of rotatable bonds is 5. The highest BCUT2D eigenvalue weighted by Crippen LogP contribution is 2.21. The van der Waals surface area contributed by atoms with Crippen LogP contribution in [0.1, 0.15) is 18.4 Å². The number of hydrogen-bond acceptors (Lipinski definition) is 3. The normalized spacial score (nSPS) is 11.2. The van der Waals surface area contributed by atoms with Crippen molar-refractivity contribution in [2.24, 2.45) is 0 Å². The summed E-state index contributed by atoms with van der Waals surface area (Å²) in [4.78, 5) is 8.51. The van der Waals surface area contributed by atoms with Gasteiger partial charge in [0.25, 0.3) is 0 Å². The van der Waals surface area contributed by atoms with E-state index >= 15 is 0 Å². The number of para-hydroxylation sites is 1. The first-order valence-electron chi connectivity index (χ1n) is 6.93. The number of fused-ring (bicyclic) bond motifs is 1. The van der Waals surface area contributed by atoms with Crippen molar-refractivity contribution >= 4 is 17.0 Å². The molecule has 2 heterocycles. The highest BCUT2D eigenvalue weighted by atomic mass is 15.1. The minimum atomic E-state index is 0.608. The minimum Gasteiger partial charge on any atom is -0.369 e. The molecule has 2 N–H and O–H groups in total. The number of nitrogens with two attached hydrogens (primary N) is 1. The first kappa shape index (κ1) is 12.7. The van der Waals surface area contributed by atoms with Crippen molar-refractivity contribution in [3.05, 3.63) is 42.5 Å². The molecule has 0 bridgehead atoms. The molecule has 0 aliphatic heterocycles. The summed E-state index contributed by atoms with van der Waals surface area (Å²) in [5.74, 6) is 0.608. The standard InChI is InChI=1S/C15H19N5/c1-12-5-4-6-13-14(12)18-15(16)20(13)9-3-2-8-19-10-7-17-11-19/h4-7,10-11H,2-3,8-9H2,1H3,(H2,16,18). The second-order valence-corrected chi connectivity index (χ2v) is 5.07. The monoisotopic (exact) mass is 269 g/mol. The Labute approximate surface area is 118 Å². The van der Waals surface area contributed by atoms with Gasteiger partial charge in [0.2, 0.25) is 5.95 Å². The number of nitrogen functional groups attached to an aromatic ring is 1. The molecule has 0 spiro atoms. The van der Waals surface area contributed by atoms with E-state index in [0.717, 1.165) is 37.0 Å². The van der Waals surface area contributed by atoms with Gasteiger partial charge in [-0.05, 0) is 31.4 Å². The van der Waals surface area contributed by atoms with Crippen LogP contribution in [0.25, 0.3) is 11.0 Å². The number of hydrogen-bond donors (Lipinski definition) is 1. The number of imidazole rings is 2. The van der Waals surface area contributed by atoms with Gasteiger partial charge in [0.1, 0.15) is 0 Å². The molecule has 0 fully saturated rings. The zero-order chi connectivity index (χ0) is 13.9. The summed E-state index contributed by atoms with van der Waals surface area (Å²) in [5, 5.41) is 0. The van der Waals surface area contributed by atoms with E-state index in [2.05, 4.69) is 44.2 Å². The maximum absolute atomic E-state index is 6.04. The summed E-state index contributed by atoms with van der Waals surface area (Å²) in [6.45, 7) is 3.96. The minimum absolute atomic E-state index is 0.608. The van der Waals surface area contributed by atoms with Crippen molar-refractivity contribution in [2.45, 2.75) is 32.9 Å². The van der Waals surface area contributed by atoms with E-state index < -0.39 is 0 Å². The summed E-state index contributed by atoms with van der Waals surface area (Å²) in [5.41, 5.74) is 9.35. The molecule has 0 saturated carbocycles. The molecule has 0 amide bonds. The lowest BCUT2D eigenvalue weighted by Crippen LogP contribution is -2.04. The molecule has 104 valence electrons. The van der Waals surface area contributed by atoms with Crippen LogP contribution in [0.3, 0.4) is 0 Å². The van der Waals surface area contributed by atoms with Crippen molar-refractivity contribution in [3.63, 3.8) is 0 Å². The summed E-state index contributed by atoms with van der Waals surface area (Å²) in [6.07, 6.45) is 7.82. The Balaban J connectivity index is 1.68. The number of nitrogens with zero attached hydrogens (tertiary/aromatic N) is 4. The van der Waals surface area contributed by atoms with Gasteiger partial charge in [-0.15, -0.1) is 0 Å². The molecule has 0 atom stereocenters. The van der Waals surface area contributed by atoms with Crippen LogP contribution >= 0.6 is 0 Å². The number of aryl methyl sites for hydroxylation is 3. The Morgan fingerprint density at radius 1 is 1.20 bits per heavy atom. The zero-order valence-electron chi connectivity index (χ0n) is 11.7. The van der Waals surface area contributed by atoms with Crippen LogP contribution in [0, 0.1) is 6.92 Å². The Hall–Kier alpha value is -2.30. The van der Waals surface area contributed by atoms with Crippen LogP contribution in [0.15, 0.2) is 36.9 Å². The third-order valence-corrected chi connectivity index (χ3v) is 3.62. The first-order chi connectivity index (χ1) is 9.75. The van der Waals surface area contributed by atoms with Crippen molar-refractivity contribution in [2.75, 3.05) is 5.73 Å². The smallest absolute Gasteiger partial charge is 0.201 e. The van der Waals surface area contributed by atoms with Crippen LogP contribution in [0.5, 0.6) is 0 Å². The lowest BCUT2D eigenvalue weighted by Gasteiger charge is -2.07. The molecule has 20 heavy (non-hydrogen) atoms. The average molecular weight is 269 g/mol. The molecule has 0 aliphatic carbocycles. The van der Waals surface area contributed by atoms with Gasteiger partial charge in [0, 0.05) is 25.5 Å². The molecule has 2 aromatic heterocycles. The van der Waals surface area contributed by atoms with E-state index in [9.17, 15) is 0 Å².